The minimum atomic E-state index is -0.822. The smallest absolute Gasteiger partial charge is 0.271 e. The molecule has 122 valence electrons. The van der Waals surface area contributed by atoms with Gasteiger partial charge < -0.3 is 4.90 Å². The summed E-state index contributed by atoms with van der Waals surface area (Å²) in [6.07, 6.45) is 1.87. The molecule has 1 heterocycles. The van der Waals surface area contributed by atoms with E-state index in [1.807, 2.05) is 0 Å². The predicted molar refractivity (Wildman–Crippen MR) is 86.5 cm³/mol. The Kier molecular flexibility index (Phi) is 3.16. The molecule has 1 aliphatic carbocycles. The zero-order valence-corrected chi connectivity index (χ0v) is 12.9. The number of rotatable bonds is 3. The molecule has 24 heavy (non-hydrogen) atoms. The van der Waals surface area contributed by atoms with Gasteiger partial charge in [0.1, 0.15) is 5.82 Å². The summed E-state index contributed by atoms with van der Waals surface area (Å²) in [6, 6.07) is 11.0. The van der Waals surface area contributed by atoms with Crippen molar-refractivity contribution < 1.29 is 14.1 Å². The van der Waals surface area contributed by atoms with Gasteiger partial charge in [0.05, 0.1) is 16.0 Å². The monoisotopic (exact) mass is 326 g/mol. The first-order valence-corrected chi connectivity index (χ1v) is 7.87. The number of carbonyl (C=O) groups excluding carboxylic acids is 1. The van der Waals surface area contributed by atoms with Crippen molar-refractivity contribution in [3.8, 4) is 0 Å². The number of carbonyl (C=O) groups is 1. The van der Waals surface area contributed by atoms with Crippen molar-refractivity contribution in [1.82, 2.24) is 0 Å². The molecule has 1 aliphatic heterocycles. The molecule has 0 radical (unpaired) electrons. The number of benzene rings is 2. The van der Waals surface area contributed by atoms with Gasteiger partial charge in [0.2, 0.25) is 5.91 Å². The van der Waals surface area contributed by atoms with Crippen LogP contribution < -0.4 is 4.90 Å². The molecular weight excluding hydrogens is 311 g/mol. The number of amides is 1. The van der Waals surface area contributed by atoms with E-state index in [0.717, 1.165) is 5.56 Å². The molecule has 1 saturated carbocycles. The van der Waals surface area contributed by atoms with Crippen LogP contribution in [-0.4, -0.2) is 17.4 Å². The van der Waals surface area contributed by atoms with E-state index in [1.165, 1.54) is 18.2 Å². The van der Waals surface area contributed by atoms with Crippen LogP contribution in [0, 0.1) is 15.9 Å². The van der Waals surface area contributed by atoms with E-state index in [-0.39, 0.29) is 17.4 Å². The summed E-state index contributed by atoms with van der Waals surface area (Å²) < 4.78 is 14.2. The Morgan fingerprint density at radius 3 is 2.62 bits per heavy atom. The first-order chi connectivity index (χ1) is 11.5. The lowest BCUT2D eigenvalue weighted by Crippen LogP contribution is -2.38. The number of hydrogen-bond acceptors (Lipinski definition) is 3. The molecule has 6 heteroatoms. The molecule has 0 N–H and O–H groups in total. The van der Waals surface area contributed by atoms with Crippen molar-refractivity contribution in [3.63, 3.8) is 0 Å². The highest BCUT2D eigenvalue weighted by Gasteiger charge is 2.55. The fraction of sp³-hybridized carbons (Fsp3) is 0.278. The normalized spacial score (nSPS) is 17.5. The van der Waals surface area contributed by atoms with Gasteiger partial charge in [-0.15, -0.1) is 0 Å². The second-order valence-electron chi connectivity index (χ2n) is 6.34. The lowest BCUT2D eigenvalue weighted by Gasteiger charge is -2.24. The van der Waals surface area contributed by atoms with Crippen LogP contribution in [-0.2, 0) is 16.6 Å². The van der Waals surface area contributed by atoms with E-state index in [1.54, 1.807) is 29.2 Å². The maximum Gasteiger partial charge on any atom is 0.271 e. The molecule has 0 unspecified atom stereocenters. The van der Waals surface area contributed by atoms with Gasteiger partial charge >= 0.3 is 0 Å². The molecule has 1 amide bonds. The topological polar surface area (TPSA) is 63.5 Å². The molecule has 2 aromatic carbocycles. The van der Waals surface area contributed by atoms with Crippen molar-refractivity contribution in [2.24, 2.45) is 0 Å². The molecule has 5 nitrogen and oxygen atoms in total. The molecule has 0 spiro atoms. The zero-order chi connectivity index (χ0) is 16.9. The average molecular weight is 326 g/mol. The maximum absolute atomic E-state index is 14.2. The van der Waals surface area contributed by atoms with Crippen molar-refractivity contribution in [2.75, 3.05) is 11.4 Å². The van der Waals surface area contributed by atoms with Crippen LogP contribution in [0.2, 0.25) is 0 Å². The first kappa shape index (κ1) is 14.8. The first-order valence-electron chi connectivity index (χ1n) is 7.87. The van der Waals surface area contributed by atoms with Crippen molar-refractivity contribution >= 4 is 17.3 Å². The van der Waals surface area contributed by atoms with Gasteiger partial charge in [0.15, 0.2) is 0 Å². The average Bonchev–Trinajstić information content (AvgIpc) is 3.27. The van der Waals surface area contributed by atoms with Gasteiger partial charge in [-0.1, -0.05) is 24.3 Å². The minimum Gasteiger partial charge on any atom is -0.311 e. The summed E-state index contributed by atoms with van der Waals surface area (Å²) in [7, 11) is 0. The van der Waals surface area contributed by atoms with E-state index in [4.69, 9.17) is 0 Å². The van der Waals surface area contributed by atoms with E-state index >= 15 is 0 Å². The Morgan fingerprint density at radius 1 is 1.21 bits per heavy atom. The summed E-state index contributed by atoms with van der Waals surface area (Å²) in [5.74, 6) is -0.534. The van der Waals surface area contributed by atoms with E-state index in [9.17, 15) is 19.3 Å². The molecular formula is C18H15FN2O3. The molecule has 0 saturated heterocycles. The van der Waals surface area contributed by atoms with Crippen LogP contribution >= 0.6 is 0 Å². The van der Waals surface area contributed by atoms with Crippen LogP contribution in [0.3, 0.4) is 0 Å². The Morgan fingerprint density at radius 2 is 1.96 bits per heavy atom. The maximum atomic E-state index is 14.2. The van der Waals surface area contributed by atoms with Crippen molar-refractivity contribution in [3.05, 3.63) is 69.5 Å². The Balaban J connectivity index is 1.72. The van der Waals surface area contributed by atoms with Gasteiger partial charge in [-0.05, 0) is 30.9 Å². The van der Waals surface area contributed by atoms with Crippen LogP contribution in [0.4, 0.5) is 15.8 Å². The number of fused-ring (bicyclic) bond motifs is 1. The summed E-state index contributed by atoms with van der Waals surface area (Å²) in [4.78, 5) is 25.2. The molecule has 4 rings (SSSR count). The second-order valence-corrected chi connectivity index (χ2v) is 6.34. The molecule has 0 aromatic heterocycles. The third-order valence-corrected chi connectivity index (χ3v) is 4.97. The molecule has 2 aliphatic rings. The largest absolute Gasteiger partial charge is 0.311 e. The number of non-ortho nitro benzene ring substituents is 1. The highest BCUT2D eigenvalue weighted by atomic mass is 19.1. The van der Waals surface area contributed by atoms with E-state index in [0.29, 0.717) is 37.1 Å². The quantitative estimate of drug-likeness (QED) is 0.642. The molecule has 0 atom stereocenters. The number of halogens is 1. The SMILES string of the molecule is O=C(N1CCc2ccc([N+](=O)[O-])cc21)C1(c2ccccc2F)CC1. The lowest BCUT2D eigenvalue weighted by atomic mass is 9.93. The minimum absolute atomic E-state index is 0.0378. The Hall–Kier alpha value is -2.76. The summed E-state index contributed by atoms with van der Waals surface area (Å²) in [6.45, 7) is 0.478. The summed E-state index contributed by atoms with van der Waals surface area (Å²) >= 11 is 0. The molecule has 1 fully saturated rings. The molecule has 2 aromatic rings. The van der Waals surface area contributed by atoms with Gasteiger partial charge in [-0.3, -0.25) is 14.9 Å². The van der Waals surface area contributed by atoms with Crippen LogP contribution in [0.15, 0.2) is 42.5 Å². The number of nitro benzene ring substituents is 1. The standard InChI is InChI=1S/C18H15FN2O3/c19-15-4-2-1-3-14(15)18(8-9-18)17(22)20-10-7-12-5-6-13(21(23)24)11-16(12)20/h1-6,11H,7-10H2. The van der Waals surface area contributed by atoms with Gasteiger partial charge in [0.25, 0.3) is 5.69 Å². The van der Waals surface area contributed by atoms with Crippen molar-refractivity contribution in [1.29, 1.82) is 0 Å². The van der Waals surface area contributed by atoms with Crippen LogP contribution in [0.25, 0.3) is 0 Å². The number of nitrogens with zero attached hydrogens (tertiary/aromatic N) is 2. The number of hydrogen-bond donors (Lipinski definition) is 0. The second kappa shape index (κ2) is 5.12. The van der Waals surface area contributed by atoms with Crippen LogP contribution in [0.1, 0.15) is 24.0 Å². The lowest BCUT2D eigenvalue weighted by molar-refractivity contribution is -0.384. The van der Waals surface area contributed by atoms with Gasteiger partial charge in [-0.2, -0.15) is 0 Å². The number of anilines is 1. The summed E-state index contributed by atoms with van der Waals surface area (Å²) in [5.41, 5.74) is 1.06. The van der Waals surface area contributed by atoms with E-state index < -0.39 is 10.3 Å². The molecule has 0 bridgehead atoms. The van der Waals surface area contributed by atoms with Crippen LogP contribution in [0.5, 0.6) is 0 Å². The third-order valence-electron chi connectivity index (χ3n) is 4.97. The Bertz CT molecular complexity index is 861. The van der Waals surface area contributed by atoms with Gasteiger partial charge in [-0.25, -0.2) is 4.39 Å². The van der Waals surface area contributed by atoms with Crippen molar-refractivity contribution in [2.45, 2.75) is 24.7 Å². The summed E-state index contributed by atoms with van der Waals surface area (Å²) in [5, 5.41) is 11.0. The number of nitro groups is 1. The fourth-order valence-corrected chi connectivity index (χ4v) is 3.52. The zero-order valence-electron chi connectivity index (χ0n) is 12.9. The highest BCUT2D eigenvalue weighted by molar-refractivity contribution is 6.04. The predicted octanol–water partition coefficient (Wildman–Crippen LogP) is 3.35. The highest BCUT2D eigenvalue weighted by Crippen LogP contribution is 2.51. The third kappa shape index (κ3) is 2.10. The fourth-order valence-electron chi connectivity index (χ4n) is 3.52. The Labute approximate surface area is 137 Å². The van der Waals surface area contributed by atoms with E-state index in [2.05, 4.69) is 0 Å². The van der Waals surface area contributed by atoms with Gasteiger partial charge in [0, 0.05) is 24.2 Å².